The summed E-state index contributed by atoms with van der Waals surface area (Å²) < 4.78 is 36.4. The molecule has 2 aromatic rings. The van der Waals surface area contributed by atoms with Crippen molar-refractivity contribution in [2.45, 2.75) is 19.8 Å². The number of benzene rings is 1. The average molecular weight is 253 g/mol. The van der Waals surface area contributed by atoms with Gasteiger partial charge < -0.3 is 9.47 Å². The van der Waals surface area contributed by atoms with E-state index in [1.165, 1.54) is 12.4 Å². The van der Waals surface area contributed by atoms with Crippen LogP contribution >= 0.6 is 0 Å². The van der Waals surface area contributed by atoms with E-state index >= 15 is 0 Å². The van der Waals surface area contributed by atoms with E-state index in [2.05, 4.69) is 19.6 Å². The molecular weight excluding hydrogens is 244 g/mol. The van der Waals surface area contributed by atoms with Crippen molar-refractivity contribution in [1.29, 1.82) is 0 Å². The van der Waals surface area contributed by atoms with Gasteiger partial charge in [0.15, 0.2) is 11.5 Å². The van der Waals surface area contributed by atoms with Gasteiger partial charge in [-0.2, -0.15) is 5.10 Å². The van der Waals surface area contributed by atoms with Gasteiger partial charge in [0.25, 0.3) is 0 Å². The smallest absolute Gasteiger partial charge is 0.395 e. The van der Waals surface area contributed by atoms with Crippen LogP contribution in [0.3, 0.4) is 0 Å². The highest BCUT2D eigenvalue weighted by atomic mass is 19.3. The number of hydrogen-bond donors (Lipinski definition) is 0. The Kier molecular flexibility index (Phi) is 2.22. The number of nitrogens with zero attached hydrogens (tertiary/aromatic N) is 3. The van der Waals surface area contributed by atoms with Crippen LogP contribution in [0, 0.1) is 6.92 Å². The molecule has 0 spiro atoms. The van der Waals surface area contributed by atoms with Crippen LogP contribution in [0.15, 0.2) is 24.5 Å². The van der Waals surface area contributed by atoms with Crippen molar-refractivity contribution in [1.82, 2.24) is 14.8 Å². The second kappa shape index (κ2) is 3.66. The van der Waals surface area contributed by atoms with Gasteiger partial charge in [-0.15, -0.1) is 8.78 Å². The third kappa shape index (κ3) is 1.87. The van der Waals surface area contributed by atoms with Crippen LogP contribution in [0.4, 0.5) is 8.78 Å². The maximum atomic E-state index is 13.0. The Hall–Kier alpha value is -2.18. The standard InChI is InChI=1S/C11H9F2N3O2/c1-7-14-6-16(15-7)5-8-3-2-4-9-10(8)18-11(12,13)17-9/h2-4,6H,5H2,1H3. The molecule has 0 bridgehead atoms. The molecule has 5 nitrogen and oxygen atoms in total. The Morgan fingerprint density at radius 3 is 2.89 bits per heavy atom. The molecular formula is C11H9F2N3O2. The van der Waals surface area contributed by atoms with Crippen LogP contribution in [0.25, 0.3) is 0 Å². The molecule has 0 aliphatic carbocycles. The molecule has 0 saturated heterocycles. The van der Waals surface area contributed by atoms with E-state index < -0.39 is 6.29 Å². The summed E-state index contributed by atoms with van der Waals surface area (Å²) in [5.41, 5.74) is 0.564. The molecule has 2 heterocycles. The summed E-state index contributed by atoms with van der Waals surface area (Å²) >= 11 is 0. The number of rotatable bonds is 2. The summed E-state index contributed by atoms with van der Waals surface area (Å²) in [5.74, 6) is 0.704. The first kappa shape index (κ1) is 10.9. The number of para-hydroxylation sites is 1. The number of ether oxygens (including phenoxy) is 2. The number of aryl methyl sites for hydroxylation is 1. The van der Waals surface area contributed by atoms with Crippen molar-refractivity contribution in [3.8, 4) is 11.5 Å². The highest BCUT2D eigenvalue weighted by Crippen LogP contribution is 2.43. The molecule has 0 fully saturated rings. The molecule has 0 radical (unpaired) electrons. The lowest BCUT2D eigenvalue weighted by Gasteiger charge is -2.06. The number of halogens is 2. The van der Waals surface area contributed by atoms with Gasteiger partial charge in [0.2, 0.25) is 0 Å². The minimum Gasteiger partial charge on any atom is -0.395 e. The SMILES string of the molecule is Cc1ncn(Cc2cccc3c2OC(F)(F)O3)n1. The third-order valence-electron chi connectivity index (χ3n) is 2.49. The molecule has 7 heteroatoms. The molecule has 0 atom stereocenters. The van der Waals surface area contributed by atoms with Crippen molar-refractivity contribution in [3.05, 3.63) is 35.9 Å². The van der Waals surface area contributed by atoms with E-state index in [-0.39, 0.29) is 11.5 Å². The van der Waals surface area contributed by atoms with Gasteiger partial charge in [0, 0.05) is 5.56 Å². The lowest BCUT2D eigenvalue weighted by Crippen LogP contribution is -2.26. The summed E-state index contributed by atoms with van der Waals surface area (Å²) in [7, 11) is 0. The Bertz CT molecular complexity index is 598. The highest BCUT2D eigenvalue weighted by molar-refractivity contribution is 5.48. The largest absolute Gasteiger partial charge is 0.586 e. The van der Waals surface area contributed by atoms with Gasteiger partial charge in [-0.3, -0.25) is 0 Å². The molecule has 94 valence electrons. The van der Waals surface area contributed by atoms with Crippen LogP contribution in [0.2, 0.25) is 0 Å². The third-order valence-corrected chi connectivity index (χ3v) is 2.49. The Balaban J connectivity index is 1.93. The van der Waals surface area contributed by atoms with Crippen molar-refractivity contribution >= 4 is 0 Å². The fourth-order valence-electron chi connectivity index (χ4n) is 1.79. The Labute approximate surface area is 101 Å². The predicted molar refractivity (Wildman–Crippen MR) is 56.5 cm³/mol. The Morgan fingerprint density at radius 1 is 1.33 bits per heavy atom. The monoisotopic (exact) mass is 253 g/mol. The van der Waals surface area contributed by atoms with Gasteiger partial charge in [0.05, 0.1) is 6.54 Å². The molecule has 1 aromatic heterocycles. The number of alkyl halides is 2. The maximum Gasteiger partial charge on any atom is 0.586 e. The molecule has 0 saturated carbocycles. The maximum absolute atomic E-state index is 13.0. The summed E-state index contributed by atoms with van der Waals surface area (Å²) in [4.78, 5) is 3.97. The molecule has 3 rings (SSSR count). The zero-order valence-electron chi connectivity index (χ0n) is 9.43. The predicted octanol–water partition coefficient (Wildman–Crippen LogP) is 1.96. The first-order valence-electron chi connectivity index (χ1n) is 5.27. The number of aromatic nitrogens is 3. The zero-order valence-corrected chi connectivity index (χ0v) is 9.43. The topological polar surface area (TPSA) is 49.2 Å². The molecule has 18 heavy (non-hydrogen) atoms. The van der Waals surface area contributed by atoms with Crippen molar-refractivity contribution in [3.63, 3.8) is 0 Å². The lowest BCUT2D eigenvalue weighted by molar-refractivity contribution is -0.286. The van der Waals surface area contributed by atoms with Crippen molar-refractivity contribution in [2.24, 2.45) is 0 Å². The number of hydrogen-bond acceptors (Lipinski definition) is 4. The molecule has 1 aromatic carbocycles. The zero-order chi connectivity index (χ0) is 12.8. The normalized spacial score (nSPS) is 15.9. The fraction of sp³-hybridized carbons (Fsp3) is 0.273. The van der Waals surface area contributed by atoms with Crippen LogP contribution in [0.5, 0.6) is 11.5 Å². The molecule has 1 aliphatic rings. The molecule has 0 unspecified atom stereocenters. The van der Waals surface area contributed by atoms with E-state index in [9.17, 15) is 8.78 Å². The van der Waals surface area contributed by atoms with Crippen LogP contribution in [0.1, 0.15) is 11.4 Å². The van der Waals surface area contributed by atoms with E-state index in [1.54, 1.807) is 23.7 Å². The first-order valence-corrected chi connectivity index (χ1v) is 5.27. The second-order valence-corrected chi connectivity index (χ2v) is 3.90. The van der Waals surface area contributed by atoms with Crippen LogP contribution < -0.4 is 9.47 Å². The van der Waals surface area contributed by atoms with E-state index in [0.29, 0.717) is 17.9 Å². The summed E-state index contributed by atoms with van der Waals surface area (Å²) in [6.45, 7) is 2.04. The van der Waals surface area contributed by atoms with Gasteiger partial charge in [-0.1, -0.05) is 12.1 Å². The van der Waals surface area contributed by atoms with Gasteiger partial charge in [-0.25, -0.2) is 9.67 Å². The average Bonchev–Trinajstić information content (AvgIpc) is 2.81. The summed E-state index contributed by atoms with van der Waals surface area (Å²) in [6, 6.07) is 4.75. The fourth-order valence-corrected chi connectivity index (χ4v) is 1.79. The Morgan fingerprint density at radius 2 is 2.17 bits per heavy atom. The van der Waals surface area contributed by atoms with Crippen LogP contribution in [-0.2, 0) is 6.54 Å². The van der Waals surface area contributed by atoms with Gasteiger partial charge >= 0.3 is 6.29 Å². The van der Waals surface area contributed by atoms with Gasteiger partial charge in [-0.05, 0) is 13.0 Å². The molecule has 1 aliphatic heterocycles. The quantitative estimate of drug-likeness (QED) is 0.820. The minimum absolute atomic E-state index is 0.0364. The van der Waals surface area contributed by atoms with E-state index in [4.69, 9.17) is 0 Å². The van der Waals surface area contributed by atoms with Crippen molar-refractivity contribution < 1.29 is 18.3 Å². The number of fused-ring (bicyclic) bond motifs is 1. The summed E-state index contributed by atoms with van der Waals surface area (Å²) in [5, 5.41) is 4.09. The molecule has 0 amide bonds. The lowest BCUT2D eigenvalue weighted by atomic mass is 10.2. The minimum atomic E-state index is -3.60. The second-order valence-electron chi connectivity index (χ2n) is 3.90. The van der Waals surface area contributed by atoms with Gasteiger partial charge in [0.1, 0.15) is 12.2 Å². The summed E-state index contributed by atoms with van der Waals surface area (Å²) in [6.07, 6.45) is -2.07. The highest BCUT2D eigenvalue weighted by Gasteiger charge is 2.44. The van der Waals surface area contributed by atoms with Crippen molar-refractivity contribution in [2.75, 3.05) is 0 Å². The first-order chi connectivity index (χ1) is 8.53. The molecule has 0 N–H and O–H groups in total. The van der Waals surface area contributed by atoms with Crippen LogP contribution in [-0.4, -0.2) is 21.1 Å². The van der Waals surface area contributed by atoms with E-state index in [0.717, 1.165) is 0 Å². The van der Waals surface area contributed by atoms with E-state index in [1.807, 2.05) is 0 Å².